The Morgan fingerprint density at radius 2 is 2.08 bits per heavy atom. The Kier molecular flexibility index (Phi) is 4.38. The number of rotatable bonds is 3. The molecule has 3 nitrogen and oxygen atoms in total. The van der Waals surface area contributed by atoms with Crippen molar-refractivity contribution in [1.82, 2.24) is 0 Å². The highest BCUT2D eigenvalue weighted by Crippen LogP contribution is 2.06. The Hall–Kier alpha value is -1.01. The lowest BCUT2D eigenvalue weighted by Crippen LogP contribution is -2.26. The topological polar surface area (TPSA) is 35.5 Å². The summed E-state index contributed by atoms with van der Waals surface area (Å²) in [5.41, 5.74) is -0.462. The predicted molar refractivity (Wildman–Crippen MR) is 45.5 cm³/mol. The van der Waals surface area contributed by atoms with Crippen molar-refractivity contribution in [3.8, 4) is 12.3 Å². The van der Waals surface area contributed by atoms with Crippen LogP contribution < -0.4 is 0 Å². The van der Waals surface area contributed by atoms with Crippen LogP contribution in [0.4, 0.5) is 0 Å². The highest BCUT2D eigenvalue weighted by molar-refractivity contribution is 5.71. The van der Waals surface area contributed by atoms with Gasteiger partial charge in [0.2, 0.25) is 0 Å². The van der Waals surface area contributed by atoms with E-state index in [1.165, 1.54) is 0 Å². The van der Waals surface area contributed by atoms with Crippen LogP contribution in [0.25, 0.3) is 0 Å². The number of carbonyl (C=O) groups is 1. The van der Waals surface area contributed by atoms with E-state index in [9.17, 15) is 4.79 Å². The van der Waals surface area contributed by atoms with Gasteiger partial charge in [-0.15, -0.1) is 6.42 Å². The number of hydrogen-bond acceptors (Lipinski definition) is 3. The van der Waals surface area contributed by atoms with Crippen molar-refractivity contribution in [3.63, 3.8) is 0 Å². The van der Waals surface area contributed by atoms with Crippen LogP contribution in [0.1, 0.15) is 20.8 Å². The summed E-state index contributed by atoms with van der Waals surface area (Å²) in [6.45, 7) is 5.45. The molecule has 0 saturated heterocycles. The first-order valence-corrected chi connectivity index (χ1v) is 3.69. The van der Waals surface area contributed by atoms with Gasteiger partial charge < -0.3 is 9.47 Å². The molecule has 0 N–H and O–H groups in total. The van der Waals surface area contributed by atoms with Crippen LogP contribution in [0, 0.1) is 12.3 Å². The van der Waals surface area contributed by atoms with E-state index in [1.54, 1.807) is 20.8 Å². The van der Waals surface area contributed by atoms with Gasteiger partial charge in [-0.1, -0.05) is 5.92 Å². The van der Waals surface area contributed by atoms with E-state index in [2.05, 4.69) is 5.92 Å². The molecular formula is C9H14O3. The maximum absolute atomic E-state index is 10.9. The first-order valence-electron chi connectivity index (χ1n) is 3.69. The molecular weight excluding hydrogens is 156 g/mol. The lowest BCUT2D eigenvalue weighted by Gasteiger charge is -2.19. The fourth-order valence-electron chi connectivity index (χ4n) is 0.564. The van der Waals surface area contributed by atoms with Gasteiger partial charge in [-0.2, -0.15) is 0 Å². The van der Waals surface area contributed by atoms with Crippen molar-refractivity contribution < 1.29 is 14.3 Å². The largest absolute Gasteiger partial charge is 0.458 e. The van der Waals surface area contributed by atoms with E-state index in [1.807, 2.05) is 0 Å². The summed E-state index contributed by atoms with van der Waals surface area (Å²) >= 11 is 0. The summed E-state index contributed by atoms with van der Waals surface area (Å²) in [7, 11) is 0. The average molecular weight is 170 g/mol. The first-order chi connectivity index (χ1) is 5.45. The zero-order chi connectivity index (χ0) is 9.61. The predicted octanol–water partition coefficient (Wildman–Crippen LogP) is 0.978. The second-order valence-corrected chi connectivity index (χ2v) is 3.28. The molecule has 0 aliphatic heterocycles. The fourth-order valence-corrected chi connectivity index (χ4v) is 0.564. The zero-order valence-corrected chi connectivity index (χ0v) is 7.72. The van der Waals surface area contributed by atoms with Crippen LogP contribution in [0.15, 0.2) is 0 Å². The van der Waals surface area contributed by atoms with Crippen LogP contribution in [0.5, 0.6) is 0 Å². The molecule has 0 aliphatic rings. The standard InChI is InChI=1S/C9H14O3/c1-5-6-11-7-8(10)12-9(2,3)4/h1H,6-7H2,2-4H3. The smallest absolute Gasteiger partial charge is 0.332 e. The second-order valence-electron chi connectivity index (χ2n) is 3.28. The molecule has 0 atom stereocenters. The average Bonchev–Trinajstić information content (AvgIpc) is 1.84. The van der Waals surface area contributed by atoms with Crippen molar-refractivity contribution in [1.29, 1.82) is 0 Å². The maximum atomic E-state index is 10.9. The van der Waals surface area contributed by atoms with Crippen LogP contribution in [0.3, 0.4) is 0 Å². The van der Waals surface area contributed by atoms with Gasteiger partial charge in [0.05, 0.1) is 0 Å². The molecule has 0 amide bonds. The number of ether oxygens (including phenoxy) is 2. The monoisotopic (exact) mass is 170 g/mol. The number of hydrogen-bond donors (Lipinski definition) is 0. The van der Waals surface area contributed by atoms with Crippen LogP contribution in [0.2, 0.25) is 0 Å². The second kappa shape index (κ2) is 4.78. The molecule has 0 aromatic rings. The van der Waals surface area contributed by atoms with E-state index in [0.717, 1.165) is 0 Å². The van der Waals surface area contributed by atoms with Gasteiger partial charge in [0, 0.05) is 0 Å². The van der Waals surface area contributed by atoms with Crippen LogP contribution in [-0.2, 0) is 14.3 Å². The minimum absolute atomic E-state index is 0.0819. The van der Waals surface area contributed by atoms with Gasteiger partial charge in [0.15, 0.2) is 0 Å². The van der Waals surface area contributed by atoms with E-state index in [-0.39, 0.29) is 13.2 Å². The Morgan fingerprint density at radius 3 is 2.50 bits per heavy atom. The third kappa shape index (κ3) is 7.10. The van der Waals surface area contributed by atoms with Crippen molar-refractivity contribution in [2.24, 2.45) is 0 Å². The minimum Gasteiger partial charge on any atom is -0.458 e. The summed E-state index contributed by atoms with van der Waals surface area (Å²) in [6, 6.07) is 0. The first kappa shape index (κ1) is 11.0. The molecule has 0 unspecified atom stereocenters. The summed E-state index contributed by atoms with van der Waals surface area (Å²) in [5, 5.41) is 0. The molecule has 68 valence electrons. The summed E-state index contributed by atoms with van der Waals surface area (Å²) < 4.78 is 9.73. The van der Waals surface area contributed by atoms with Gasteiger partial charge in [0.25, 0.3) is 0 Å². The van der Waals surface area contributed by atoms with E-state index < -0.39 is 11.6 Å². The lowest BCUT2D eigenvalue weighted by atomic mass is 10.2. The molecule has 0 radical (unpaired) electrons. The molecule has 0 bridgehead atoms. The van der Waals surface area contributed by atoms with Crippen molar-refractivity contribution >= 4 is 5.97 Å². The van der Waals surface area contributed by atoms with Crippen LogP contribution >= 0.6 is 0 Å². The van der Waals surface area contributed by atoms with Gasteiger partial charge in [-0.3, -0.25) is 0 Å². The summed E-state index contributed by atoms with van der Waals surface area (Å²) in [4.78, 5) is 10.9. The Labute approximate surface area is 73.0 Å². The number of carbonyl (C=O) groups excluding carboxylic acids is 1. The molecule has 0 saturated carbocycles. The SMILES string of the molecule is C#CCOCC(=O)OC(C)(C)C. The molecule has 0 aromatic carbocycles. The van der Waals surface area contributed by atoms with Gasteiger partial charge in [-0.25, -0.2) is 4.79 Å². The molecule has 12 heavy (non-hydrogen) atoms. The normalized spacial score (nSPS) is 10.5. The van der Waals surface area contributed by atoms with Gasteiger partial charge in [-0.05, 0) is 20.8 Å². The maximum Gasteiger partial charge on any atom is 0.332 e. The molecule has 3 heteroatoms. The Bertz CT molecular complexity index is 183. The van der Waals surface area contributed by atoms with Crippen LogP contribution in [-0.4, -0.2) is 24.8 Å². The third-order valence-corrected chi connectivity index (χ3v) is 0.825. The van der Waals surface area contributed by atoms with Gasteiger partial charge >= 0.3 is 5.97 Å². The molecule has 0 spiro atoms. The molecule has 0 fully saturated rings. The Morgan fingerprint density at radius 1 is 1.50 bits per heavy atom. The number of esters is 1. The molecule has 0 rings (SSSR count). The highest BCUT2D eigenvalue weighted by atomic mass is 16.6. The summed E-state index contributed by atoms with van der Waals surface area (Å²) in [6.07, 6.45) is 4.91. The van der Waals surface area contributed by atoms with E-state index in [4.69, 9.17) is 15.9 Å². The van der Waals surface area contributed by atoms with Crippen molar-refractivity contribution in [3.05, 3.63) is 0 Å². The third-order valence-electron chi connectivity index (χ3n) is 0.825. The molecule has 0 aromatic heterocycles. The van der Waals surface area contributed by atoms with E-state index >= 15 is 0 Å². The Balaban J connectivity index is 3.56. The zero-order valence-electron chi connectivity index (χ0n) is 7.72. The fraction of sp³-hybridized carbons (Fsp3) is 0.667. The lowest BCUT2D eigenvalue weighted by molar-refractivity contribution is -0.159. The van der Waals surface area contributed by atoms with Crippen molar-refractivity contribution in [2.75, 3.05) is 13.2 Å². The minimum atomic E-state index is -0.462. The molecule has 0 aliphatic carbocycles. The van der Waals surface area contributed by atoms with Gasteiger partial charge in [0.1, 0.15) is 18.8 Å². The highest BCUT2D eigenvalue weighted by Gasteiger charge is 2.15. The molecule has 0 heterocycles. The quantitative estimate of drug-likeness (QED) is 0.360. The van der Waals surface area contributed by atoms with Crippen molar-refractivity contribution in [2.45, 2.75) is 26.4 Å². The summed E-state index contributed by atoms with van der Waals surface area (Å²) in [5.74, 6) is 1.86. The van der Waals surface area contributed by atoms with E-state index in [0.29, 0.717) is 0 Å². The number of terminal acetylenes is 1.